The minimum atomic E-state index is 0. The summed E-state index contributed by atoms with van der Waals surface area (Å²) in [5.74, 6) is 3.24. The van der Waals surface area contributed by atoms with Crippen molar-refractivity contribution < 1.29 is 30.2 Å². The van der Waals surface area contributed by atoms with E-state index < -0.39 is 0 Å². The number of rotatable bonds is 12. The Hall–Kier alpha value is -8.90. The van der Waals surface area contributed by atoms with Gasteiger partial charge in [-0.2, -0.15) is 0 Å². The van der Waals surface area contributed by atoms with Crippen LogP contribution in [0.3, 0.4) is 0 Å². The van der Waals surface area contributed by atoms with Gasteiger partial charge in [-0.3, -0.25) is 9.97 Å². The second-order valence-electron chi connectivity index (χ2n) is 23.3. The van der Waals surface area contributed by atoms with E-state index in [-0.39, 0.29) is 44.7 Å². The summed E-state index contributed by atoms with van der Waals surface area (Å²) in [6.45, 7) is 20.3. The van der Waals surface area contributed by atoms with E-state index in [1.807, 2.05) is 19.1 Å². The third-order valence-corrected chi connectivity index (χ3v) is 16.5. The minimum Gasteiger partial charge on any atom is -0.499 e. The predicted molar refractivity (Wildman–Crippen MR) is 343 cm³/mol. The Morgan fingerprint density at radius 2 is 0.929 bits per heavy atom. The van der Waals surface area contributed by atoms with E-state index in [1.165, 1.54) is 44.5 Å². The molecular weight excluding hydrogens is 1210 g/mol. The number of hydrogen-bond acceptors (Lipinski definition) is 5. The summed E-state index contributed by atoms with van der Waals surface area (Å²) in [4.78, 5) is 16.2. The second-order valence-corrected chi connectivity index (χ2v) is 23.3. The molecule has 0 fully saturated rings. The van der Waals surface area contributed by atoms with Crippen LogP contribution >= 0.6 is 0 Å². The van der Waals surface area contributed by atoms with E-state index in [0.29, 0.717) is 34.1 Å². The molecule has 0 aliphatic rings. The summed E-state index contributed by atoms with van der Waals surface area (Å²) >= 11 is 0. The van der Waals surface area contributed by atoms with Crippen molar-refractivity contribution in [3.63, 3.8) is 0 Å². The third kappa shape index (κ3) is 9.21. The monoisotopic (exact) mass is 1270 g/mol. The van der Waals surface area contributed by atoms with Gasteiger partial charge in [0.05, 0.1) is 50.5 Å². The van der Waals surface area contributed by atoms with Gasteiger partial charge in [0.15, 0.2) is 0 Å². The maximum atomic E-state index is 7.27. The van der Waals surface area contributed by atoms with E-state index in [4.69, 9.17) is 24.1 Å². The fourth-order valence-corrected chi connectivity index (χ4v) is 12.5. The number of pyridine rings is 1. The molecule has 0 N–H and O–H groups in total. The molecule has 0 saturated heterocycles. The van der Waals surface area contributed by atoms with Gasteiger partial charge >= 0.3 is 21.1 Å². The topological polar surface area (TPSA) is 70.9 Å². The SMILES string of the molecule is Cc1nc2ccc3ccccc3c2c2c1oc1c(-c3nc4ccccc4n3-c3c(C(C)C)cc(-c4ccccc4)cc3C(C)C)[c-]c(Oc3[c-]c(-c4nc5ccccc5n4-c4c(C(C)C)cc(-c5ccccc5)cc4C(C)C)ccc3)cc12.[Pt+2]. The Labute approximate surface area is 504 Å². The van der Waals surface area contributed by atoms with Gasteiger partial charge in [0.1, 0.15) is 5.58 Å². The standard InChI is InChI=1S/C76H63N5O2.Pt/c1-44(2)58-38-53(49-23-12-10-13-24-49)39-59(45(3)4)71(58)80-67-33-20-18-31-64(67)78-75(80)52-28-22-29-55(37-52)82-56-42-62-70-69-57-30-17-16-27-51(57)35-36-66(69)77-48(9)73(70)83-74(62)63(43-56)76-79-65-32-19-21-34-68(65)81(76)72-60(46(5)6)40-54(41-61(72)47(7)8)50-25-14-11-15-26-50;/h10-36,38-42,44-47H,1-9H3;/q-2;+2. The number of aryl methyl sites for hydroxylation is 1. The Morgan fingerprint density at radius 3 is 1.50 bits per heavy atom. The average molecular weight is 1270 g/mol. The minimum absolute atomic E-state index is 0. The van der Waals surface area contributed by atoms with Gasteiger partial charge in [0.2, 0.25) is 0 Å². The Bertz CT molecular complexity index is 4800. The first-order valence-corrected chi connectivity index (χ1v) is 29.1. The van der Waals surface area contributed by atoms with Crippen molar-refractivity contribution in [1.82, 2.24) is 24.1 Å². The van der Waals surface area contributed by atoms with Gasteiger partial charge in [-0.1, -0.05) is 200 Å². The molecule has 414 valence electrons. The van der Waals surface area contributed by atoms with Crippen molar-refractivity contribution >= 4 is 65.7 Å². The number of fused-ring (bicyclic) bond motifs is 9. The van der Waals surface area contributed by atoms with E-state index in [2.05, 4.69) is 259 Å². The number of hydrogen-bond donors (Lipinski definition) is 0. The largest absolute Gasteiger partial charge is 2.00 e. The van der Waals surface area contributed by atoms with Crippen LogP contribution in [0.2, 0.25) is 0 Å². The summed E-state index contributed by atoms with van der Waals surface area (Å²) in [7, 11) is 0. The number of nitrogens with zero attached hydrogens (tertiary/aromatic N) is 5. The Kier molecular flexibility index (Phi) is 14.0. The van der Waals surface area contributed by atoms with Crippen LogP contribution in [0.25, 0.3) is 122 Å². The van der Waals surface area contributed by atoms with Gasteiger partial charge in [0, 0.05) is 33.6 Å². The molecule has 0 bridgehead atoms. The molecule has 0 unspecified atom stereocenters. The maximum absolute atomic E-state index is 7.27. The van der Waals surface area contributed by atoms with Crippen LogP contribution in [0, 0.1) is 19.1 Å². The molecule has 14 aromatic rings. The van der Waals surface area contributed by atoms with Crippen LogP contribution in [0.1, 0.15) is 107 Å². The van der Waals surface area contributed by atoms with Crippen LogP contribution in [-0.4, -0.2) is 24.1 Å². The molecule has 0 atom stereocenters. The van der Waals surface area contributed by atoms with Gasteiger partial charge in [0.25, 0.3) is 0 Å². The fraction of sp³-hybridized carbons (Fsp3) is 0.171. The molecule has 4 heterocycles. The molecule has 0 saturated carbocycles. The Balaban J connectivity index is 0.00000658. The molecule has 4 aromatic heterocycles. The van der Waals surface area contributed by atoms with Crippen LogP contribution in [-0.2, 0) is 21.1 Å². The molecule has 0 amide bonds. The number of para-hydroxylation sites is 4. The van der Waals surface area contributed by atoms with Crippen LogP contribution in [0.5, 0.6) is 11.5 Å². The summed E-state index contributed by atoms with van der Waals surface area (Å²) < 4.78 is 19.2. The van der Waals surface area contributed by atoms with Crippen LogP contribution in [0.15, 0.2) is 199 Å². The zero-order valence-electron chi connectivity index (χ0n) is 48.7. The number of benzene rings is 10. The number of imidazole rings is 2. The number of ether oxygens (including phenoxy) is 1. The summed E-state index contributed by atoms with van der Waals surface area (Å²) in [5.41, 5.74) is 20.3. The Morgan fingerprint density at radius 1 is 0.417 bits per heavy atom. The molecule has 8 heteroatoms. The van der Waals surface area contributed by atoms with E-state index >= 15 is 0 Å². The zero-order valence-corrected chi connectivity index (χ0v) is 50.9. The van der Waals surface area contributed by atoms with Gasteiger partial charge < -0.3 is 18.3 Å². The van der Waals surface area contributed by atoms with Crippen molar-refractivity contribution in [1.29, 1.82) is 0 Å². The normalized spacial score (nSPS) is 12.0. The van der Waals surface area contributed by atoms with Crippen molar-refractivity contribution in [2.75, 3.05) is 0 Å². The number of furan rings is 1. The molecule has 7 nitrogen and oxygen atoms in total. The first kappa shape index (κ1) is 54.4. The predicted octanol–water partition coefficient (Wildman–Crippen LogP) is 20.8. The van der Waals surface area contributed by atoms with E-state index in [9.17, 15) is 0 Å². The smallest absolute Gasteiger partial charge is 0.499 e. The van der Waals surface area contributed by atoms with Gasteiger partial charge in [-0.25, -0.2) is 4.98 Å². The first-order valence-electron chi connectivity index (χ1n) is 29.1. The zero-order chi connectivity index (χ0) is 56.8. The van der Waals surface area contributed by atoms with Crippen molar-refractivity contribution in [3.05, 3.63) is 234 Å². The summed E-state index contributed by atoms with van der Waals surface area (Å²) in [5, 5.41) is 5.07. The molecule has 0 radical (unpaired) electrons. The van der Waals surface area contributed by atoms with E-state index in [0.717, 1.165) is 83.0 Å². The van der Waals surface area contributed by atoms with Gasteiger partial charge in [-0.05, 0) is 140 Å². The molecule has 0 aliphatic carbocycles. The van der Waals surface area contributed by atoms with Crippen molar-refractivity contribution in [3.8, 4) is 67.9 Å². The van der Waals surface area contributed by atoms with E-state index in [1.54, 1.807) is 0 Å². The van der Waals surface area contributed by atoms with Gasteiger partial charge in [-0.15, -0.1) is 23.8 Å². The van der Waals surface area contributed by atoms with Crippen LogP contribution < -0.4 is 4.74 Å². The van der Waals surface area contributed by atoms with Crippen molar-refractivity contribution in [2.45, 2.75) is 86.0 Å². The maximum Gasteiger partial charge on any atom is 2.00 e. The molecule has 10 aromatic carbocycles. The fourth-order valence-electron chi connectivity index (χ4n) is 12.5. The summed E-state index contributed by atoms with van der Waals surface area (Å²) in [6.07, 6.45) is 0. The molecule has 14 rings (SSSR count). The molecule has 84 heavy (non-hydrogen) atoms. The molecular formula is C76H63N5O2Pt. The quantitative estimate of drug-likeness (QED) is 0.0900. The molecule has 0 aliphatic heterocycles. The van der Waals surface area contributed by atoms with Crippen LogP contribution in [0.4, 0.5) is 0 Å². The number of aromatic nitrogens is 5. The van der Waals surface area contributed by atoms with Crippen molar-refractivity contribution in [2.24, 2.45) is 0 Å². The third-order valence-electron chi connectivity index (χ3n) is 16.5. The first-order chi connectivity index (χ1) is 40.4. The average Bonchev–Trinajstić information content (AvgIpc) is 4.36. The second kappa shape index (κ2) is 21.7. The molecule has 0 spiro atoms. The summed E-state index contributed by atoms with van der Waals surface area (Å²) in [6, 6.07) is 76.3.